The smallest absolute Gasteiger partial charge is 0.288 e. The molecular formula is C13H10ClNO3S. The molecule has 2 aromatic rings. The SMILES string of the molecule is Cc1cc([N+](=O)[O-])c(Cl)cc1Sc1ccc(O)cc1. The molecule has 6 heteroatoms. The van der Waals surface area contributed by atoms with Crippen LogP contribution in [0.5, 0.6) is 5.75 Å². The van der Waals surface area contributed by atoms with Crippen molar-refractivity contribution in [2.75, 3.05) is 0 Å². The molecule has 1 N–H and O–H groups in total. The molecule has 0 aliphatic heterocycles. The number of halogens is 1. The first-order chi connectivity index (χ1) is 8.97. The quantitative estimate of drug-likeness (QED) is 0.673. The lowest BCUT2D eigenvalue weighted by atomic mass is 10.2. The highest BCUT2D eigenvalue weighted by atomic mass is 35.5. The third-order valence-corrected chi connectivity index (χ3v) is 3.98. The fourth-order valence-corrected chi connectivity index (χ4v) is 2.76. The van der Waals surface area contributed by atoms with Crippen LogP contribution in [0.1, 0.15) is 5.56 Å². The standard InChI is InChI=1S/C13H10ClNO3S/c1-8-6-12(15(17)18)11(14)7-13(8)19-10-4-2-9(16)3-5-10/h2-7,16H,1H3. The molecule has 0 heterocycles. The Balaban J connectivity index is 2.33. The van der Waals surface area contributed by atoms with Gasteiger partial charge in [0.2, 0.25) is 0 Å². The second-order valence-electron chi connectivity index (χ2n) is 3.92. The van der Waals surface area contributed by atoms with Gasteiger partial charge in [0.15, 0.2) is 0 Å². The number of benzene rings is 2. The first-order valence-electron chi connectivity index (χ1n) is 5.39. The Hall–Kier alpha value is -1.72. The number of nitro benzene ring substituents is 1. The largest absolute Gasteiger partial charge is 0.508 e. The summed E-state index contributed by atoms with van der Waals surface area (Å²) in [5.41, 5.74) is 0.698. The van der Waals surface area contributed by atoms with Gasteiger partial charge in [-0.1, -0.05) is 23.4 Å². The lowest BCUT2D eigenvalue weighted by Gasteiger charge is -2.07. The van der Waals surface area contributed by atoms with Gasteiger partial charge in [-0.3, -0.25) is 10.1 Å². The van der Waals surface area contributed by atoms with Gasteiger partial charge in [0, 0.05) is 15.9 Å². The maximum atomic E-state index is 10.8. The van der Waals surface area contributed by atoms with Crippen LogP contribution in [-0.2, 0) is 0 Å². The van der Waals surface area contributed by atoms with Crippen LogP contribution in [0.25, 0.3) is 0 Å². The molecule has 98 valence electrons. The van der Waals surface area contributed by atoms with Crippen molar-refractivity contribution >= 4 is 29.1 Å². The van der Waals surface area contributed by atoms with E-state index in [0.717, 1.165) is 15.4 Å². The topological polar surface area (TPSA) is 63.4 Å². The molecule has 2 aromatic carbocycles. The Bertz CT molecular complexity index is 629. The number of aromatic hydroxyl groups is 1. The Kier molecular flexibility index (Phi) is 3.97. The molecule has 0 aliphatic rings. The molecule has 0 atom stereocenters. The molecule has 2 rings (SSSR count). The third-order valence-electron chi connectivity index (χ3n) is 2.51. The van der Waals surface area contributed by atoms with E-state index in [4.69, 9.17) is 11.6 Å². The molecule has 0 unspecified atom stereocenters. The Labute approximate surface area is 119 Å². The molecule has 0 spiro atoms. The first kappa shape index (κ1) is 13.7. The average Bonchev–Trinajstić information content (AvgIpc) is 2.35. The van der Waals surface area contributed by atoms with Crippen molar-refractivity contribution in [3.63, 3.8) is 0 Å². The maximum absolute atomic E-state index is 10.8. The summed E-state index contributed by atoms with van der Waals surface area (Å²) < 4.78 is 0. The number of rotatable bonds is 3. The van der Waals surface area contributed by atoms with Crippen LogP contribution >= 0.6 is 23.4 Å². The van der Waals surface area contributed by atoms with E-state index in [-0.39, 0.29) is 16.5 Å². The molecule has 0 aliphatic carbocycles. The predicted octanol–water partition coefficient (Wildman–Crippen LogP) is 4.41. The van der Waals surface area contributed by atoms with Crippen molar-refractivity contribution in [2.24, 2.45) is 0 Å². The molecular weight excluding hydrogens is 286 g/mol. The van der Waals surface area contributed by atoms with Crippen molar-refractivity contribution in [1.82, 2.24) is 0 Å². The van der Waals surface area contributed by atoms with Gasteiger partial charge in [0.1, 0.15) is 10.8 Å². The lowest BCUT2D eigenvalue weighted by molar-refractivity contribution is -0.384. The van der Waals surface area contributed by atoms with E-state index >= 15 is 0 Å². The van der Waals surface area contributed by atoms with Crippen molar-refractivity contribution < 1.29 is 10.0 Å². The summed E-state index contributed by atoms with van der Waals surface area (Å²) >= 11 is 7.33. The number of phenolic OH excluding ortho intramolecular Hbond substituents is 1. The van der Waals surface area contributed by atoms with Crippen LogP contribution in [0, 0.1) is 17.0 Å². The lowest BCUT2D eigenvalue weighted by Crippen LogP contribution is -1.91. The van der Waals surface area contributed by atoms with Gasteiger partial charge in [-0.2, -0.15) is 0 Å². The van der Waals surface area contributed by atoms with Gasteiger partial charge in [0.05, 0.1) is 4.92 Å². The number of phenols is 1. The molecule has 0 aromatic heterocycles. The van der Waals surface area contributed by atoms with Crippen LogP contribution in [0.4, 0.5) is 5.69 Å². The zero-order valence-electron chi connectivity index (χ0n) is 9.96. The zero-order valence-corrected chi connectivity index (χ0v) is 11.5. The van der Waals surface area contributed by atoms with E-state index in [9.17, 15) is 15.2 Å². The van der Waals surface area contributed by atoms with Gasteiger partial charge in [-0.25, -0.2) is 0 Å². The Morgan fingerprint density at radius 3 is 2.47 bits per heavy atom. The van der Waals surface area contributed by atoms with Gasteiger partial charge < -0.3 is 5.11 Å². The maximum Gasteiger partial charge on any atom is 0.288 e. The highest BCUT2D eigenvalue weighted by molar-refractivity contribution is 7.99. The second-order valence-corrected chi connectivity index (χ2v) is 5.44. The molecule has 0 amide bonds. The number of hydrogen-bond donors (Lipinski definition) is 1. The monoisotopic (exact) mass is 295 g/mol. The summed E-state index contributed by atoms with van der Waals surface area (Å²) in [5, 5.41) is 20.1. The van der Waals surface area contributed by atoms with Crippen LogP contribution < -0.4 is 0 Å². The summed E-state index contributed by atoms with van der Waals surface area (Å²) in [6.45, 7) is 1.80. The third kappa shape index (κ3) is 3.19. The van der Waals surface area contributed by atoms with E-state index in [2.05, 4.69) is 0 Å². The highest BCUT2D eigenvalue weighted by Gasteiger charge is 2.15. The number of nitro groups is 1. The van der Waals surface area contributed by atoms with Crippen LogP contribution in [0.15, 0.2) is 46.2 Å². The van der Waals surface area contributed by atoms with E-state index in [1.165, 1.54) is 17.8 Å². The molecule has 0 bridgehead atoms. The van der Waals surface area contributed by atoms with E-state index in [0.29, 0.717) is 0 Å². The van der Waals surface area contributed by atoms with Crippen molar-refractivity contribution in [3.8, 4) is 5.75 Å². The fraction of sp³-hybridized carbons (Fsp3) is 0.0769. The van der Waals surface area contributed by atoms with E-state index < -0.39 is 4.92 Å². The highest BCUT2D eigenvalue weighted by Crippen LogP contribution is 2.36. The summed E-state index contributed by atoms with van der Waals surface area (Å²) in [4.78, 5) is 12.0. The molecule has 0 saturated heterocycles. The molecule has 4 nitrogen and oxygen atoms in total. The molecule has 0 fully saturated rings. The first-order valence-corrected chi connectivity index (χ1v) is 6.58. The van der Waals surface area contributed by atoms with Crippen molar-refractivity contribution in [3.05, 3.63) is 57.1 Å². The van der Waals surface area contributed by atoms with Gasteiger partial charge >= 0.3 is 0 Å². The van der Waals surface area contributed by atoms with Crippen molar-refractivity contribution in [2.45, 2.75) is 16.7 Å². The summed E-state index contributed by atoms with van der Waals surface area (Å²) in [7, 11) is 0. The minimum absolute atomic E-state index is 0.0887. The van der Waals surface area contributed by atoms with Gasteiger partial charge in [-0.05, 0) is 42.8 Å². The fourth-order valence-electron chi connectivity index (χ4n) is 1.54. The van der Waals surface area contributed by atoms with Gasteiger partial charge in [-0.15, -0.1) is 0 Å². The second kappa shape index (κ2) is 5.50. The normalized spacial score (nSPS) is 10.4. The average molecular weight is 296 g/mol. The van der Waals surface area contributed by atoms with Crippen LogP contribution in [0.2, 0.25) is 5.02 Å². The van der Waals surface area contributed by atoms with E-state index in [1.54, 1.807) is 37.3 Å². The molecule has 0 radical (unpaired) electrons. The van der Waals surface area contributed by atoms with Crippen LogP contribution in [-0.4, -0.2) is 10.0 Å². The van der Waals surface area contributed by atoms with E-state index in [1.807, 2.05) is 0 Å². The molecule has 19 heavy (non-hydrogen) atoms. The minimum Gasteiger partial charge on any atom is -0.508 e. The molecule has 0 saturated carbocycles. The van der Waals surface area contributed by atoms with Crippen LogP contribution in [0.3, 0.4) is 0 Å². The Morgan fingerprint density at radius 1 is 1.26 bits per heavy atom. The minimum atomic E-state index is -0.496. The number of aryl methyl sites for hydroxylation is 1. The number of nitrogens with zero attached hydrogens (tertiary/aromatic N) is 1. The Morgan fingerprint density at radius 2 is 1.89 bits per heavy atom. The predicted molar refractivity (Wildman–Crippen MR) is 75.1 cm³/mol. The summed E-state index contributed by atoms with van der Waals surface area (Å²) in [5.74, 6) is 0.197. The zero-order chi connectivity index (χ0) is 14.0. The number of hydrogen-bond acceptors (Lipinski definition) is 4. The van der Waals surface area contributed by atoms with Crippen molar-refractivity contribution in [1.29, 1.82) is 0 Å². The summed E-state index contributed by atoms with van der Waals surface area (Å²) in [6.07, 6.45) is 0. The van der Waals surface area contributed by atoms with Gasteiger partial charge in [0.25, 0.3) is 5.69 Å². The summed E-state index contributed by atoms with van der Waals surface area (Å²) in [6, 6.07) is 9.77.